The average molecular weight is 332 g/mol. The number of rotatable bonds is 3. The molecule has 0 saturated carbocycles. The molecule has 1 fully saturated rings. The van der Waals surface area contributed by atoms with E-state index in [2.05, 4.69) is 15.0 Å². The zero-order valence-electron chi connectivity index (χ0n) is 13.3. The molecule has 6 nitrogen and oxygen atoms in total. The number of carbonyl (C=O) groups excluding carboxylic acids is 1. The summed E-state index contributed by atoms with van der Waals surface area (Å²) < 4.78 is 0. The third kappa shape index (κ3) is 3.67. The molecule has 1 unspecified atom stereocenters. The first-order valence-electron chi connectivity index (χ1n) is 7.78. The van der Waals surface area contributed by atoms with Crippen molar-refractivity contribution in [1.82, 2.24) is 19.9 Å². The van der Waals surface area contributed by atoms with Gasteiger partial charge < -0.3 is 9.88 Å². The molecule has 2 aromatic rings. The second kappa shape index (κ2) is 6.62. The molecule has 3 heterocycles. The monoisotopic (exact) mass is 332 g/mol. The number of thiazole rings is 1. The van der Waals surface area contributed by atoms with Crippen LogP contribution in [-0.2, 0) is 11.2 Å². The maximum atomic E-state index is 12.6. The van der Waals surface area contributed by atoms with Crippen molar-refractivity contribution in [3.05, 3.63) is 44.0 Å². The van der Waals surface area contributed by atoms with Crippen LogP contribution in [0.25, 0.3) is 0 Å². The van der Waals surface area contributed by atoms with E-state index < -0.39 is 0 Å². The molecular formula is C16H20N4O2S. The van der Waals surface area contributed by atoms with Crippen LogP contribution < -0.4 is 5.56 Å². The number of nitrogens with one attached hydrogen (secondary N) is 1. The van der Waals surface area contributed by atoms with E-state index in [9.17, 15) is 9.59 Å². The lowest BCUT2D eigenvalue weighted by molar-refractivity contribution is -0.131. The van der Waals surface area contributed by atoms with Crippen LogP contribution in [0.3, 0.4) is 0 Å². The minimum atomic E-state index is -0.144. The number of likely N-dealkylation sites (tertiary alicyclic amines) is 1. The fraction of sp³-hybridized carbons (Fsp3) is 0.500. The molecular weight excluding hydrogens is 312 g/mol. The Morgan fingerprint density at radius 1 is 1.48 bits per heavy atom. The molecule has 1 saturated heterocycles. The van der Waals surface area contributed by atoms with E-state index in [-0.39, 0.29) is 17.4 Å². The fourth-order valence-electron chi connectivity index (χ4n) is 3.04. The number of aromatic amines is 1. The molecule has 0 spiro atoms. The minimum absolute atomic E-state index is 0.131. The summed E-state index contributed by atoms with van der Waals surface area (Å²) >= 11 is 1.59. The number of hydrogen-bond acceptors (Lipinski definition) is 5. The summed E-state index contributed by atoms with van der Waals surface area (Å²) in [5.41, 5.74) is 1.58. The van der Waals surface area contributed by atoms with Gasteiger partial charge in [0.1, 0.15) is 0 Å². The van der Waals surface area contributed by atoms with Gasteiger partial charge in [-0.05, 0) is 26.7 Å². The Hall–Kier alpha value is -2.02. The lowest BCUT2D eigenvalue weighted by Crippen LogP contribution is -2.40. The van der Waals surface area contributed by atoms with Crippen molar-refractivity contribution < 1.29 is 4.79 Å². The second-order valence-corrected chi connectivity index (χ2v) is 7.22. The van der Waals surface area contributed by atoms with Crippen molar-refractivity contribution in [2.24, 2.45) is 0 Å². The number of hydrogen-bond donors (Lipinski definition) is 1. The zero-order valence-corrected chi connectivity index (χ0v) is 14.2. The largest absolute Gasteiger partial charge is 0.342 e. The molecule has 1 amide bonds. The van der Waals surface area contributed by atoms with E-state index in [1.54, 1.807) is 11.3 Å². The molecule has 3 rings (SSSR count). The van der Waals surface area contributed by atoms with Crippen LogP contribution in [0.2, 0.25) is 0 Å². The predicted molar refractivity (Wildman–Crippen MR) is 88.7 cm³/mol. The number of amides is 1. The zero-order chi connectivity index (χ0) is 16.4. The molecule has 1 N–H and O–H groups in total. The molecule has 2 aromatic heterocycles. The first-order chi connectivity index (χ1) is 11.0. The standard InChI is InChI=1S/C16H20N4O2S/c1-10-14(23-11(2)19-10)7-16(22)20-5-3-4-12(8-20)13-6-15(21)18-9-17-13/h6,9,12H,3-5,7-8H2,1-2H3,(H,17,18,21). The molecule has 122 valence electrons. The number of piperidine rings is 1. The van der Waals surface area contributed by atoms with Gasteiger partial charge in [-0.15, -0.1) is 11.3 Å². The van der Waals surface area contributed by atoms with Gasteiger partial charge in [-0.25, -0.2) is 9.97 Å². The number of aromatic nitrogens is 3. The number of nitrogens with zero attached hydrogens (tertiary/aromatic N) is 3. The Balaban J connectivity index is 1.69. The Morgan fingerprint density at radius 2 is 2.30 bits per heavy atom. The van der Waals surface area contributed by atoms with Crippen LogP contribution in [0.5, 0.6) is 0 Å². The molecule has 0 aliphatic carbocycles. The molecule has 1 atom stereocenters. The van der Waals surface area contributed by atoms with Gasteiger partial charge in [0.05, 0.1) is 29.1 Å². The van der Waals surface area contributed by atoms with Gasteiger partial charge in [-0.1, -0.05) is 0 Å². The summed E-state index contributed by atoms with van der Waals surface area (Å²) in [5, 5.41) is 0.995. The van der Waals surface area contributed by atoms with E-state index in [0.29, 0.717) is 13.0 Å². The summed E-state index contributed by atoms with van der Waals surface area (Å²) in [4.78, 5) is 38.1. The van der Waals surface area contributed by atoms with Gasteiger partial charge in [0, 0.05) is 30.0 Å². The maximum absolute atomic E-state index is 12.6. The highest BCUT2D eigenvalue weighted by atomic mass is 32.1. The summed E-state index contributed by atoms with van der Waals surface area (Å²) in [6.45, 7) is 5.31. The third-order valence-electron chi connectivity index (χ3n) is 4.20. The van der Waals surface area contributed by atoms with E-state index in [1.807, 2.05) is 18.7 Å². The van der Waals surface area contributed by atoms with E-state index in [1.165, 1.54) is 12.4 Å². The summed E-state index contributed by atoms with van der Waals surface area (Å²) in [5.74, 6) is 0.269. The van der Waals surface area contributed by atoms with Gasteiger partial charge in [-0.3, -0.25) is 9.59 Å². The van der Waals surface area contributed by atoms with Crippen molar-refractivity contribution in [3.8, 4) is 0 Å². The highest BCUT2D eigenvalue weighted by molar-refractivity contribution is 7.11. The lowest BCUT2D eigenvalue weighted by Gasteiger charge is -2.32. The minimum Gasteiger partial charge on any atom is -0.342 e. The smallest absolute Gasteiger partial charge is 0.250 e. The highest BCUT2D eigenvalue weighted by Crippen LogP contribution is 2.26. The first-order valence-corrected chi connectivity index (χ1v) is 8.60. The summed E-state index contributed by atoms with van der Waals surface area (Å²) in [6, 6.07) is 1.54. The van der Waals surface area contributed by atoms with Gasteiger partial charge in [0.2, 0.25) is 5.91 Å². The van der Waals surface area contributed by atoms with Gasteiger partial charge in [0.15, 0.2) is 0 Å². The van der Waals surface area contributed by atoms with Crippen molar-refractivity contribution in [1.29, 1.82) is 0 Å². The summed E-state index contributed by atoms with van der Waals surface area (Å²) in [7, 11) is 0. The van der Waals surface area contributed by atoms with Gasteiger partial charge >= 0.3 is 0 Å². The SMILES string of the molecule is Cc1nc(C)c(CC(=O)N2CCCC(c3cc(=O)[nH]cn3)C2)s1. The quantitative estimate of drug-likeness (QED) is 0.929. The van der Waals surface area contributed by atoms with Crippen molar-refractivity contribution in [3.63, 3.8) is 0 Å². The maximum Gasteiger partial charge on any atom is 0.250 e. The van der Waals surface area contributed by atoms with E-state index in [0.717, 1.165) is 40.7 Å². The normalized spacial score (nSPS) is 18.2. The lowest BCUT2D eigenvalue weighted by atomic mass is 9.94. The Morgan fingerprint density at radius 3 is 3.00 bits per heavy atom. The molecule has 0 radical (unpaired) electrons. The average Bonchev–Trinajstić information content (AvgIpc) is 2.85. The van der Waals surface area contributed by atoms with Crippen LogP contribution in [0.15, 0.2) is 17.2 Å². The first kappa shape index (κ1) is 15.9. The Kier molecular flexibility index (Phi) is 4.56. The molecule has 1 aliphatic rings. The predicted octanol–water partition coefficient (Wildman–Crippen LogP) is 1.79. The molecule has 7 heteroatoms. The van der Waals surface area contributed by atoms with E-state index in [4.69, 9.17) is 0 Å². The van der Waals surface area contributed by atoms with Crippen LogP contribution >= 0.6 is 11.3 Å². The van der Waals surface area contributed by atoms with Crippen LogP contribution in [0.1, 0.15) is 40.0 Å². The Bertz CT molecular complexity index is 767. The topological polar surface area (TPSA) is 79.0 Å². The van der Waals surface area contributed by atoms with Crippen LogP contribution in [0.4, 0.5) is 0 Å². The third-order valence-corrected chi connectivity index (χ3v) is 5.28. The fourth-order valence-corrected chi connectivity index (χ4v) is 3.97. The Labute approximate surface area is 138 Å². The summed E-state index contributed by atoms with van der Waals surface area (Å²) in [6.07, 6.45) is 3.74. The van der Waals surface area contributed by atoms with Crippen LogP contribution in [-0.4, -0.2) is 38.8 Å². The van der Waals surface area contributed by atoms with Crippen molar-refractivity contribution in [2.75, 3.05) is 13.1 Å². The highest BCUT2D eigenvalue weighted by Gasteiger charge is 2.26. The van der Waals surface area contributed by atoms with E-state index >= 15 is 0 Å². The van der Waals surface area contributed by atoms with Crippen LogP contribution in [0, 0.1) is 13.8 Å². The molecule has 23 heavy (non-hydrogen) atoms. The molecule has 0 aromatic carbocycles. The van der Waals surface area contributed by atoms with Crippen molar-refractivity contribution >= 4 is 17.2 Å². The molecule has 0 bridgehead atoms. The van der Waals surface area contributed by atoms with Gasteiger partial charge in [0.25, 0.3) is 5.56 Å². The van der Waals surface area contributed by atoms with Gasteiger partial charge in [-0.2, -0.15) is 0 Å². The number of H-pyrrole nitrogens is 1. The second-order valence-electron chi connectivity index (χ2n) is 5.93. The number of carbonyl (C=O) groups is 1. The number of aryl methyl sites for hydroxylation is 2. The molecule has 1 aliphatic heterocycles. The van der Waals surface area contributed by atoms with Crippen molar-refractivity contribution in [2.45, 2.75) is 39.0 Å².